The van der Waals surface area contributed by atoms with Gasteiger partial charge in [0.05, 0.1) is 29.8 Å². The summed E-state index contributed by atoms with van der Waals surface area (Å²) in [5, 5.41) is 17.2. The minimum atomic E-state index is -0.535. The molecule has 4 rings (SSSR count). The lowest BCUT2D eigenvalue weighted by Gasteiger charge is -2.29. The minimum Gasteiger partial charge on any atom is -0.389 e. The van der Waals surface area contributed by atoms with Gasteiger partial charge in [-0.25, -0.2) is 4.68 Å². The van der Waals surface area contributed by atoms with Crippen molar-refractivity contribution in [2.45, 2.75) is 52.9 Å². The Kier molecular flexibility index (Phi) is 10.0. The first-order valence-electron chi connectivity index (χ1n) is 13.1. The number of ether oxygens (including phenoxy) is 1. The van der Waals surface area contributed by atoms with Crippen molar-refractivity contribution in [1.29, 1.82) is 0 Å². The average Bonchev–Trinajstić information content (AvgIpc) is 3.21. The summed E-state index contributed by atoms with van der Waals surface area (Å²) < 4.78 is 7.75. The summed E-state index contributed by atoms with van der Waals surface area (Å²) in [4.78, 5) is 4.70. The standard InChI is InChI=1S/C29H38Cl2N4O2/c1-4-33(16-26(36)20-37-19-21(2)3)18-28-27-17-34(15-22-6-5-7-24(31)14-22)13-12-29(27)35(32-28)25-10-8-23(30)9-11-25/h5-11,14,21,26,36H,4,12-13,15-20H2,1-3H3. The van der Waals surface area contributed by atoms with Gasteiger partial charge in [0.25, 0.3) is 0 Å². The Morgan fingerprint density at radius 1 is 1.08 bits per heavy atom. The molecule has 3 aromatic rings. The van der Waals surface area contributed by atoms with Gasteiger partial charge in [-0.05, 0) is 54.4 Å². The van der Waals surface area contributed by atoms with Crippen LogP contribution in [0, 0.1) is 5.92 Å². The summed E-state index contributed by atoms with van der Waals surface area (Å²) in [5.41, 5.74) is 5.80. The van der Waals surface area contributed by atoms with Crippen molar-refractivity contribution >= 4 is 23.2 Å². The summed E-state index contributed by atoms with van der Waals surface area (Å²) >= 11 is 12.4. The zero-order chi connectivity index (χ0) is 26.4. The molecular weight excluding hydrogens is 507 g/mol. The molecule has 6 nitrogen and oxygen atoms in total. The lowest BCUT2D eigenvalue weighted by molar-refractivity contribution is 0.00748. The maximum absolute atomic E-state index is 10.6. The highest BCUT2D eigenvalue weighted by Gasteiger charge is 2.27. The molecule has 0 aliphatic carbocycles. The number of fused-ring (bicyclic) bond motifs is 1. The van der Waals surface area contributed by atoms with Crippen molar-refractivity contribution in [3.05, 3.63) is 81.1 Å². The highest BCUT2D eigenvalue weighted by molar-refractivity contribution is 6.30. The van der Waals surface area contributed by atoms with Gasteiger partial charge in [-0.1, -0.05) is 56.1 Å². The number of aromatic nitrogens is 2. The molecule has 2 aromatic carbocycles. The second kappa shape index (κ2) is 13.2. The molecule has 1 N–H and O–H groups in total. The quantitative estimate of drug-likeness (QED) is 0.322. The van der Waals surface area contributed by atoms with Crippen LogP contribution in [0.5, 0.6) is 0 Å². The first-order valence-corrected chi connectivity index (χ1v) is 13.9. The van der Waals surface area contributed by atoms with Gasteiger partial charge in [0.1, 0.15) is 0 Å². The first kappa shape index (κ1) is 28.1. The summed E-state index contributed by atoms with van der Waals surface area (Å²) in [6.45, 7) is 12.0. The summed E-state index contributed by atoms with van der Waals surface area (Å²) in [6, 6.07) is 15.9. The fourth-order valence-corrected chi connectivity index (χ4v) is 5.14. The van der Waals surface area contributed by atoms with E-state index < -0.39 is 6.10 Å². The Balaban J connectivity index is 1.55. The van der Waals surface area contributed by atoms with E-state index in [1.807, 2.05) is 42.5 Å². The van der Waals surface area contributed by atoms with Gasteiger partial charge in [-0.15, -0.1) is 0 Å². The van der Waals surface area contributed by atoms with E-state index in [1.54, 1.807) is 0 Å². The molecule has 200 valence electrons. The minimum absolute atomic E-state index is 0.347. The molecule has 2 heterocycles. The molecule has 1 aromatic heterocycles. The third kappa shape index (κ3) is 7.79. The molecule has 8 heteroatoms. The maximum atomic E-state index is 10.6. The van der Waals surface area contributed by atoms with Crippen LogP contribution in [-0.4, -0.2) is 63.6 Å². The zero-order valence-electron chi connectivity index (χ0n) is 22.0. The topological polar surface area (TPSA) is 53.8 Å². The van der Waals surface area contributed by atoms with Crippen LogP contribution in [0.25, 0.3) is 5.69 Å². The van der Waals surface area contributed by atoms with Crippen molar-refractivity contribution in [3.8, 4) is 5.69 Å². The van der Waals surface area contributed by atoms with Crippen LogP contribution in [0.2, 0.25) is 10.0 Å². The molecule has 0 spiro atoms. The number of benzene rings is 2. The van der Waals surface area contributed by atoms with Crippen LogP contribution in [-0.2, 0) is 30.8 Å². The molecule has 37 heavy (non-hydrogen) atoms. The normalized spacial score (nSPS) is 14.9. The fraction of sp³-hybridized carbons (Fsp3) is 0.483. The zero-order valence-corrected chi connectivity index (χ0v) is 23.5. The lowest BCUT2D eigenvalue weighted by Crippen LogP contribution is -2.35. The van der Waals surface area contributed by atoms with Crippen LogP contribution < -0.4 is 0 Å². The van der Waals surface area contributed by atoms with E-state index in [1.165, 1.54) is 16.8 Å². The Morgan fingerprint density at radius 2 is 1.86 bits per heavy atom. The average molecular weight is 546 g/mol. The van der Waals surface area contributed by atoms with Gasteiger partial charge >= 0.3 is 0 Å². The Morgan fingerprint density at radius 3 is 2.57 bits per heavy atom. The second-order valence-corrected chi connectivity index (χ2v) is 11.1. The molecule has 1 aliphatic heterocycles. The molecular formula is C29H38Cl2N4O2. The predicted molar refractivity (Wildman–Crippen MR) is 150 cm³/mol. The van der Waals surface area contributed by atoms with Crippen molar-refractivity contribution in [3.63, 3.8) is 0 Å². The van der Waals surface area contributed by atoms with Crippen LogP contribution in [0.1, 0.15) is 43.3 Å². The van der Waals surface area contributed by atoms with Crippen molar-refractivity contribution in [2.24, 2.45) is 5.92 Å². The van der Waals surface area contributed by atoms with Crippen LogP contribution >= 0.6 is 23.2 Å². The van der Waals surface area contributed by atoms with Crippen LogP contribution in [0.4, 0.5) is 0 Å². The highest BCUT2D eigenvalue weighted by atomic mass is 35.5. The van der Waals surface area contributed by atoms with E-state index in [0.717, 1.165) is 49.0 Å². The number of halogens is 2. The van der Waals surface area contributed by atoms with Gasteiger partial charge in [-0.3, -0.25) is 9.80 Å². The van der Waals surface area contributed by atoms with E-state index in [0.29, 0.717) is 37.2 Å². The van der Waals surface area contributed by atoms with Crippen LogP contribution in [0.3, 0.4) is 0 Å². The summed E-state index contributed by atoms with van der Waals surface area (Å²) in [5.74, 6) is 0.452. The summed E-state index contributed by atoms with van der Waals surface area (Å²) in [7, 11) is 0. The molecule has 0 saturated carbocycles. The third-order valence-electron chi connectivity index (χ3n) is 6.64. The Hall–Kier alpha value is -1.93. The number of rotatable bonds is 12. The van der Waals surface area contributed by atoms with E-state index in [-0.39, 0.29) is 0 Å². The highest BCUT2D eigenvalue weighted by Crippen LogP contribution is 2.28. The smallest absolute Gasteiger partial charge is 0.0900 e. The predicted octanol–water partition coefficient (Wildman–Crippen LogP) is 5.59. The van der Waals surface area contributed by atoms with Crippen molar-refractivity contribution < 1.29 is 9.84 Å². The number of hydrogen-bond donors (Lipinski definition) is 1. The SMILES string of the molecule is CCN(Cc1nn(-c2ccc(Cl)cc2)c2c1CN(Cc1cccc(Cl)c1)CC2)CC(O)COCC(C)C. The van der Waals surface area contributed by atoms with Crippen molar-refractivity contribution in [2.75, 3.05) is 32.8 Å². The van der Waals surface area contributed by atoms with Gasteiger partial charge in [-0.2, -0.15) is 5.10 Å². The molecule has 0 amide bonds. The molecule has 0 fully saturated rings. The number of aliphatic hydroxyl groups excluding tert-OH is 1. The fourth-order valence-electron chi connectivity index (χ4n) is 4.80. The molecule has 1 atom stereocenters. The summed E-state index contributed by atoms with van der Waals surface area (Å²) in [6.07, 6.45) is 0.371. The second-order valence-electron chi connectivity index (χ2n) is 10.3. The van der Waals surface area contributed by atoms with Gasteiger partial charge in [0.2, 0.25) is 0 Å². The Bertz CT molecular complexity index is 1150. The Labute approximate surface area is 230 Å². The molecule has 0 radical (unpaired) electrons. The lowest BCUT2D eigenvalue weighted by atomic mass is 10.0. The van der Waals surface area contributed by atoms with Crippen molar-refractivity contribution in [1.82, 2.24) is 19.6 Å². The molecule has 1 aliphatic rings. The number of hydrogen-bond acceptors (Lipinski definition) is 5. The van der Waals surface area contributed by atoms with Gasteiger partial charge < -0.3 is 9.84 Å². The maximum Gasteiger partial charge on any atom is 0.0900 e. The number of aliphatic hydroxyl groups is 1. The van der Waals surface area contributed by atoms with E-state index in [9.17, 15) is 5.11 Å². The van der Waals surface area contributed by atoms with E-state index in [2.05, 4.69) is 41.3 Å². The first-order chi connectivity index (χ1) is 17.8. The monoisotopic (exact) mass is 544 g/mol. The van der Waals surface area contributed by atoms with Gasteiger partial charge in [0, 0.05) is 61.4 Å². The number of nitrogens with zero attached hydrogens (tertiary/aromatic N) is 4. The molecule has 0 saturated heterocycles. The molecule has 0 bridgehead atoms. The van der Waals surface area contributed by atoms with Gasteiger partial charge in [0.15, 0.2) is 0 Å². The molecule has 1 unspecified atom stereocenters. The van der Waals surface area contributed by atoms with E-state index in [4.69, 9.17) is 33.0 Å². The largest absolute Gasteiger partial charge is 0.389 e. The van der Waals surface area contributed by atoms with Crippen LogP contribution in [0.15, 0.2) is 48.5 Å². The third-order valence-corrected chi connectivity index (χ3v) is 7.12. The van der Waals surface area contributed by atoms with E-state index >= 15 is 0 Å². The number of likely N-dealkylation sites (N-methyl/N-ethyl adjacent to an activating group) is 1.